The molecule has 1 saturated heterocycles. The van der Waals surface area contributed by atoms with Gasteiger partial charge < -0.3 is 4.90 Å². The normalized spacial score (nSPS) is 20.3. The van der Waals surface area contributed by atoms with Gasteiger partial charge in [-0.15, -0.1) is 0 Å². The molecule has 0 saturated carbocycles. The van der Waals surface area contributed by atoms with Gasteiger partial charge in [-0.3, -0.25) is 0 Å². The summed E-state index contributed by atoms with van der Waals surface area (Å²) in [4.78, 5) is 2.10. The van der Waals surface area contributed by atoms with E-state index in [0.717, 1.165) is 18.8 Å². The minimum absolute atomic E-state index is 0.575. The Kier molecular flexibility index (Phi) is 2.98. The Morgan fingerprint density at radius 1 is 1.23 bits per heavy atom. The van der Waals surface area contributed by atoms with Gasteiger partial charge in [0.15, 0.2) is 0 Å². The number of sulfonamides is 1. The summed E-state index contributed by atoms with van der Waals surface area (Å²) in [5, 5.41) is 0. The van der Waals surface area contributed by atoms with E-state index in [-0.39, 0.29) is 0 Å². The average molecular weight is 204 g/mol. The lowest BCUT2D eigenvalue weighted by atomic mass is 10.3. The maximum atomic E-state index is 11.1. The van der Waals surface area contributed by atoms with E-state index < -0.39 is 10.0 Å². The molecule has 0 radical (unpaired) electrons. The van der Waals surface area contributed by atoms with Crippen molar-refractivity contribution in [2.75, 3.05) is 32.4 Å². The van der Waals surface area contributed by atoms with Crippen molar-refractivity contribution in [3.8, 4) is 0 Å². The Morgan fingerprint density at radius 2 is 1.69 bits per heavy atom. The Morgan fingerprint density at radius 3 is 2.00 bits per heavy atom. The monoisotopic (exact) mass is 204 g/mol. The topological polar surface area (TPSA) is 40.6 Å². The van der Waals surface area contributed by atoms with Gasteiger partial charge >= 0.3 is 0 Å². The fraction of sp³-hybridized carbons (Fsp3) is 0.750. The first kappa shape index (κ1) is 10.5. The van der Waals surface area contributed by atoms with Crippen molar-refractivity contribution < 1.29 is 8.42 Å². The van der Waals surface area contributed by atoms with Gasteiger partial charge in [-0.25, -0.2) is 8.42 Å². The van der Waals surface area contributed by atoms with Gasteiger partial charge in [0.2, 0.25) is 10.0 Å². The molecule has 0 aromatic rings. The van der Waals surface area contributed by atoms with Crippen LogP contribution in [0, 0.1) is 0 Å². The second-order valence-corrected chi connectivity index (χ2v) is 5.37. The molecule has 76 valence electrons. The zero-order valence-corrected chi connectivity index (χ0v) is 8.97. The third-order valence-corrected chi connectivity index (χ3v) is 3.55. The molecule has 0 aliphatic carbocycles. The molecule has 5 heteroatoms. The molecular formula is C8H16N2O2S. The quantitative estimate of drug-likeness (QED) is 0.640. The predicted molar refractivity (Wildman–Crippen MR) is 52.8 cm³/mol. The van der Waals surface area contributed by atoms with Crippen LogP contribution in [-0.2, 0) is 10.0 Å². The zero-order chi connectivity index (χ0) is 10.1. The minimum atomic E-state index is -3.00. The van der Waals surface area contributed by atoms with Crippen LogP contribution in [0.15, 0.2) is 12.3 Å². The molecule has 13 heavy (non-hydrogen) atoms. The lowest BCUT2D eigenvalue weighted by Crippen LogP contribution is -2.47. The fourth-order valence-electron chi connectivity index (χ4n) is 1.40. The van der Waals surface area contributed by atoms with Crippen molar-refractivity contribution in [2.24, 2.45) is 0 Å². The third kappa shape index (κ3) is 2.70. The van der Waals surface area contributed by atoms with Crippen molar-refractivity contribution in [1.29, 1.82) is 0 Å². The van der Waals surface area contributed by atoms with Crippen LogP contribution in [0.2, 0.25) is 0 Å². The molecule has 0 bridgehead atoms. The molecule has 1 aliphatic rings. The Hall–Kier alpha value is -0.550. The summed E-state index contributed by atoms with van der Waals surface area (Å²) in [6, 6.07) is 0. The van der Waals surface area contributed by atoms with Gasteiger partial charge in [0.25, 0.3) is 0 Å². The van der Waals surface area contributed by atoms with Crippen molar-refractivity contribution in [3.63, 3.8) is 0 Å². The van der Waals surface area contributed by atoms with Crippen LogP contribution in [0.25, 0.3) is 0 Å². The highest BCUT2D eigenvalue weighted by atomic mass is 32.2. The molecule has 0 aromatic carbocycles. The van der Waals surface area contributed by atoms with E-state index in [9.17, 15) is 8.42 Å². The van der Waals surface area contributed by atoms with Gasteiger partial charge in [-0.1, -0.05) is 6.58 Å². The number of hydrogen-bond donors (Lipinski definition) is 0. The van der Waals surface area contributed by atoms with Crippen molar-refractivity contribution in [1.82, 2.24) is 9.21 Å². The van der Waals surface area contributed by atoms with E-state index in [1.54, 1.807) is 0 Å². The van der Waals surface area contributed by atoms with E-state index in [1.807, 2.05) is 6.92 Å². The zero-order valence-electron chi connectivity index (χ0n) is 8.15. The molecule has 0 spiro atoms. The standard InChI is InChI=1S/C8H16N2O2S/c1-8(2)9-4-6-10(7-5-9)13(3,11)12/h1,4-7H2,2-3H3. The summed E-state index contributed by atoms with van der Waals surface area (Å²) in [5.41, 5.74) is 1.01. The largest absolute Gasteiger partial charge is 0.373 e. The van der Waals surface area contributed by atoms with Crippen molar-refractivity contribution in [3.05, 3.63) is 12.3 Å². The third-order valence-electron chi connectivity index (χ3n) is 2.25. The smallest absolute Gasteiger partial charge is 0.211 e. The van der Waals surface area contributed by atoms with Crippen LogP contribution in [0.3, 0.4) is 0 Å². The number of allylic oxidation sites excluding steroid dienone is 1. The molecule has 0 aromatic heterocycles. The number of nitrogens with zero attached hydrogens (tertiary/aromatic N) is 2. The summed E-state index contributed by atoms with van der Waals surface area (Å²) in [6.07, 6.45) is 1.25. The molecule has 0 unspecified atom stereocenters. The fourth-order valence-corrected chi connectivity index (χ4v) is 2.23. The summed E-state index contributed by atoms with van der Waals surface area (Å²) < 4.78 is 23.8. The van der Waals surface area contributed by atoms with Crippen LogP contribution < -0.4 is 0 Å². The maximum absolute atomic E-state index is 11.1. The van der Waals surface area contributed by atoms with Crippen LogP contribution in [0.4, 0.5) is 0 Å². The maximum Gasteiger partial charge on any atom is 0.211 e. The van der Waals surface area contributed by atoms with Crippen LogP contribution in [-0.4, -0.2) is 50.1 Å². The molecule has 0 N–H and O–H groups in total. The predicted octanol–water partition coefficient (Wildman–Crippen LogP) is 0.0972. The summed E-state index contributed by atoms with van der Waals surface area (Å²) in [6.45, 7) is 8.42. The highest BCUT2D eigenvalue weighted by molar-refractivity contribution is 7.88. The minimum Gasteiger partial charge on any atom is -0.373 e. The first-order chi connectivity index (χ1) is 5.91. The molecule has 0 amide bonds. The summed E-state index contributed by atoms with van der Waals surface area (Å²) in [7, 11) is -3.00. The number of piperazine rings is 1. The van der Waals surface area contributed by atoms with Crippen LogP contribution in [0.1, 0.15) is 6.92 Å². The molecule has 1 heterocycles. The van der Waals surface area contributed by atoms with Gasteiger partial charge in [0.05, 0.1) is 6.26 Å². The second kappa shape index (κ2) is 3.67. The van der Waals surface area contributed by atoms with Crippen LogP contribution >= 0.6 is 0 Å². The summed E-state index contributed by atoms with van der Waals surface area (Å²) >= 11 is 0. The van der Waals surface area contributed by atoms with Gasteiger partial charge in [-0.2, -0.15) is 4.31 Å². The first-order valence-corrected chi connectivity index (χ1v) is 6.11. The van der Waals surface area contributed by atoms with Gasteiger partial charge in [-0.05, 0) is 6.92 Å². The van der Waals surface area contributed by atoms with Gasteiger partial charge in [0, 0.05) is 31.9 Å². The Balaban J connectivity index is 2.53. The Bertz CT molecular complexity index is 289. The van der Waals surface area contributed by atoms with E-state index in [0.29, 0.717) is 13.1 Å². The molecule has 1 fully saturated rings. The molecule has 1 rings (SSSR count). The lowest BCUT2D eigenvalue weighted by Gasteiger charge is -2.34. The highest BCUT2D eigenvalue weighted by Crippen LogP contribution is 2.09. The average Bonchev–Trinajstić information content (AvgIpc) is 2.03. The van der Waals surface area contributed by atoms with Crippen molar-refractivity contribution in [2.45, 2.75) is 6.92 Å². The van der Waals surface area contributed by atoms with E-state index in [1.165, 1.54) is 10.6 Å². The van der Waals surface area contributed by atoms with Crippen LogP contribution in [0.5, 0.6) is 0 Å². The van der Waals surface area contributed by atoms with E-state index in [2.05, 4.69) is 11.5 Å². The molecule has 4 nitrogen and oxygen atoms in total. The first-order valence-electron chi connectivity index (χ1n) is 4.27. The number of hydrogen-bond acceptors (Lipinski definition) is 3. The summed E-state index contributed by atoms with van der Waals surface area (Å²) in [5.74, 6) is 0. The highest BCUT2D eigenvalue weighted by Gasteiger charge is 2.22. The molecule has 0 atom stereocenters. The molecular weight excluding hydrogens is 188 g/mol. The lowest BCUT2D eigenvalue weighted by molar-refractivity contribution is 0.231. The Labute approximate surface area is 79.9 Å². The van der Waals surface area contributed by atoms with Crippen molar-refractivity contribution >= 4 is 10.0 Å². The van der Waals surface area contributed by atoms with E-state index >= 15 is 0 Å². The SMILES string of the molecule is C=C(C)N1CCN(S(C)(=O)=O)CC1. The number of rotatable bonds is 2. The second-order valence-electron chi connectivity index (χ2n) is 3.38. The molecule has 1 aliphatic heterocycles. The van der Waals surface area contributed by atoms with Gasteiger partial charge in [0.1, 0.15) is 0 Å². The van der Waals surface area contributed by atoms with E-state index in [4.69, 9.17) is 0 Å².